The summed E-state index contributed by atoms with van der Waals surface area (Å²) in [5.41, 5.74) is 2.45. The second-order valence-electron chi connectivity index (χ2n) is 6.16. The lowest BCUT2D eigenvalue weighted by atomic mass is 10.0. The Balaban J connectivity index is 2.01. The van der Waals surface area contributed by atoms with E-state index in [1.807, 2.05) is 0 Å². The van der Waals surface area contributed by atoms with E-state index in [-0.39, 0.29) is 16.4 Å². The van der Waals surface area contributed by atoms with Crippen LogP contribution >= 0.6 is 12.2 Å². The first-order valence-electron chi connectivity index (χ1n) is 8.17. The number of anilines is 1. The average molecular weight is 382 g/mol. The smallest absolute Gasteiger partial charge is 0.270 e. The van der Waals surface area contributed by atoms with Crippen molar-refractivity contribution >= 4 is 40.9 Å². The molecule has 0 radical (unpaired) electrons. The molecule has 0 aliphatic carbocycles. The summed E-state index contributed by atoms with van der Waals surface area (Å²) in [7, 11) is 1.55. The Morgan fingerprint density at radius 2 is 1.70 bits per heavy atom. The van der Waals surface area contributed by atoms with Crippen molar-refractivity contribution in [2.75, 3.05) is 12.0 Å². The molecule has 0 unspecified atom stereocenters. The summed E-state index contributed by atoms with van der Waals surface area (Å²) < 4.78 is 5.12. The number of amides is 2. The highest BCUT2D eigenvalue weighted by molar-refractivity contribution is 7.80. The molecule has 1 aliphatic rings. The number of carbonyl (C=O) groups excluding carboxylic acids is 2. The van der Waals surface area contributed by atoms with Gasteiger partial charge in [-0.3, -0.25) is 19.8 Å². The van der Waals surface area contributed by atoms with Crippen LogP contribution < -0.4 is 15.0 Å². The lowest BCUT2D eigenvalue weighted by molar-refractivity contribution is -0.122. The fourth-order valence-electron chi connectivity index (χ4n) is 2.86. The van der Waals surface area contributed by atoms with Crippen molar-refractivity contribution < 1.29 is 19.4 Å². The van der Waals surface area contributed by atoms with E-state index in [0.29, 0.717) is 28.1 Å². The second-order valence-corrected chi connectivity index (χ2v) is 6.55. The maximum absolute atomic E-state index is 13.0. The number of aryl methyl sites for hydroxylation is 2. The minimum absolute atomic E-state index is 0.0189. The van der Waals surface area contributed by atoms with Crippen molar-refractivity contribution in [3.63, 3.8) is 0 Å². The van der Waals surface area contributed by atoms with E-state index >= 15 is 0 Å². The molecule has 6 nitrogen and oxygen atoms in total. The van der Waals surface area contributed by atoms with Crippen LogP contribution in [-0.4, -0.2) is 29.1 Å². The number of aromatic hydroxyl groups is 1. The number of hydrogen-bond acceptors (Lipinski definition) is 5. The molecule has 2 aromatic rings. The van der Waals surface area contributed by atoms with Gasteiger partial charge in [-0.1, -0.05) is 0 Å². The summed E-state index contributed by atoms with van der Waals surface area (Å²) in [6, 6.07) is 10.2. The molecule has 1 heterocycles. The lowest BCUT2D eigenvalue weighted by Crippen LogP contribution is -2.54. The molecule has 0 spiro atoms. The van der Waals surface area contributed by atoms with Crippen molar-refractivity contribution in [2.24, 2.45) is 0 Å². The normalized spacial score (nSPS) is 15.9. The lowest BCUT2D eigenvalue weighted by Gasteiger charge is -2.29. The van der Waals surface area contributed by atoms with E-state index in [1.165, 1.54) is 11.0 Å². The fourth-order valence-corrected chi connectivity index (χ4v) is 3.14. The van der Waals surface area contributed by atoms with Crippen molar-refractivity contribution in [1.82, 2.24) is 5.32 Å². The maximum Gasteiger partial charge on any atom is 0.270 e. The predicted octanol–water partition coefficient (Wildman–Crippen LogP) is 2.85. The number of thiocarbonyl (C=S) groups is 1. The highest BCUT2D eigenvalue weighted by Gasteiger charge is 2.34. The fraction of sp³-hybridized carbons (Fsp3) is 0.150. The molecule has 2 N–H and O–H groups in total. The summed E-state index contributed by atoms with van der Waals surface area (Å²) in [5.74, 6) is -0.239. The summed E-state index contributed by atoms with van der Waals surface area (Å²) in [4.78, 5) is 26.6. The Bertz CT molecular complexity index is 957. The average Bonchev–Trinajstić information content (AvgIpc) is 2.63. The van der Waals surface area contributed by atoms with Gasteiger partial charge in [-0.2, -0.15) is 0 Å². The minimum atomic E-state index is -0.557. The van der Waals surface area contributed by atoms with E-state index in [4.69, 9.17) is 17.0 Å². The topological polar surface area (TPSA) is 78.9 Å². The van der Waals surface area contributed by atoms with Gasteiger partial charge in [0.25, 0.3) is 11.8 Å². The zero-order valence-corrected chi connectivity index (χ0v) is 15.9. The molecular weight excluding hydrogens is 364 g/mol. The third-order valence-corrected chi connectivity index (χ3v) is 4.54. The van der Waals surface area contributed by atoms with Gasteiger partial charge < -0.3 is 9.84 Å². The van der Waals surface area contributed by atoms with E-state index in [2.05, 4.69) is 5.32 Å². The number of phenols is 1. The SMILES string of the molecule is COc1ccc(N2C(=O)/C(=C/c3cc(C)c(O)c(C)c3)C(=O)NC2=S)cc1. The number of carbonyl (C=O) groups is 2. The van der Waals surface area contributed by atoms with Gasteiger partial charge in [-0.15, -0.1) is 0 Å². The van der Waals surface area contributed by atoms with Crippen LogP contribution in [-0.2, 0) is 9.59 Å². The summed E-state index contributed by atoms with van der Waals surface area (Å²) >= 11 is 5.18. The van der Waals surface area contributed by atoms with Crippen LogP contribution in [0.3, 0.4) is 0 Å². The van der Waals surface area contributed by atoms with Gasteiger partial charge in [0, 0.05) is 0 Å². The summed E-state index contributed by atoms with van der Waals surface area (Å²) in [6.45, 7) is 3.51. The summed E-state index contributed by atoms with van der Waals surface area (Å²) in [5, 5.41) is 12.5. The highest BCUT2D eigenvalue weighted by Crippen LogP contribution is 2.27. The Morgan fingerprint density at radius 3 is 2.26 bits per heavy atom. The number of methoxy groups -OCH3 is 1. The van der Waals surface area contributed by atoms with E-state index in [0.717, 1.165) is 0 Å². The number of hydrogen-bond donors (Lipinski definition) is 2. The Hall–Kier alpha value is -3.19. The third kappa shape index (κ3) is 3.54. The Morgan fingerprint density at radius 1 is 1.11 bits per heavy atom. The van der Waals surface area contributed by atoms with Crippen LogP contribution in [0.1, 0.15) is 16.7 Å². The molecule has 1 aliphatic heterocycles. The number of nitrogens with one attached hydrogen (secondary N) is 1. The van der Waals surface area contributed by atoms with Gasteiger partial charge in [0.05, 0.1) is 12.8 Å². The Kier molecular flexibility index (Phi) is 4.96. The van der Waals surface area contributed by atoms with Gasteiger partial charge in [-0.25, -0.2) is 0 Å². The van der Waals surface area contributed by atoms with Gasteiger partial charge >= 0.3 is 0 Å². The molecule has 0 aromatic heterocycles. The number of nitrogens with zero attached hydrogens (tertiary/aromatic N) is 1. The molecule has 2 amide bonds. The third-order valence-electron chi connectivity index (χ3n) is 4.26. The zero-order chi connectivity index (χ0) is 19.7. The van der Waals surface area contributed by atoms with Gasteiger partial charge in [-0.05, 0) is 85.2 Å². The van der Waals surface area contributed by atoms with Crippen LogP contribution in [0.25, 0.3) is 6.08 Å². The van der Waals surface area contributed by atoms with E-state index < -0.39 is 11.8 Å². The second kappa shape index (κ2) is 7.20. The molecule has 0 saturated carbocycles. The number of phenolic OH excluding ortho intramolecular Hbond substituents is 1. The first-order chi connectivity index (χ1) is 12.8. The van der Waals surface area contributed by atoms with Gasteiger partial charge in [0.1, 0.15) is 17.1 Å². The molecule has 0 atom stereocenters. The molecule has 138 valence electrons. The zero-order valence-electron chi connectivity index (χ0n) is 15.1. The molecule has 27 heavy (non-hydrogen) atoms. The minimum Gasteiger partial charge on any atom is -0.507 e. The first-order valence-corrected chi connectivity index (χ1v) is 8.58. The van der Waals surface area contributed by atoms with Gasteiger partial charge in [0.2, 0.25) is 0 Å². The molecule has 7 heteroatoms. The first kappa shape index (κ1) is 18.6. The monoisotopic (exact) mass is 382 g/mol. The van der Waals surface area contributed by atoms with Crippen molar-refractivity contribution in [2.45, 2.75) is 13.8 Å². The predicted molar refractivity (Wildman–Crippen MR) is 107 cm³/mol. The number of ether oxygens (including phenoxy) is 1. The van der Waals surface area contributed by atoms with E-state index in [1.54, 1.807) is 57.4 Å². The highest BCUT2D eigenvalue weighted by atomic mass is 32.1. The largest absolute Gasteiger partial charge is 0.507 e. The molecule has 3 rings (SSSR count). The molecule has 0 bridgehead atoms. The van der Waals surface area contributed by atoms with Crippen molar-refractivity contribution in [3.8, 4) is 11.5 Å². The molecule has 1 fully saturated rings. The number of rotatable bonds is 3. The molecule has 1 saturated heterocycles. The van der Waals surface area contributed by atoms with Crippen molar-refractivity contribution in [3.05, 3.63) is 58.7 Å². The Labute approximate surface area is 162 Å². The van der Waals surface area contributed by atoms with Crippen LogP contribution in [0.15, 0.2) is 42.0 Å². The molecule has 2 aromatic carbocycles. The standard InChI is InChI=1S/C20H18N2O4S/c1-11-8-13(9-12(2)17(11)23)10-16-18(24)21-20(27)22(19(16)25)14-4-6-15(26-3)7-5-14/h4-10,23H,1-3H3,(H,21,24,27)/b16-10+. The van der Waals surface area contributed by atoms with Crippen molar-refractivity contribution in [1.29, 1.82) is 0 Å². The van der Waals surface area contributed by atoms with Crippen LogP contribution in [0.2, 0.25) is 0 Å². The van der Waals surface area contributed by atoms with Crippen LogP contribution in [0, 0.1) is 13.8 Å². The maximum atomic E-state index is 13.0. The van der Waals surface area contributed by atoms with Crippen LogP contribution in [0.4, 0.5) is 5.69 Å². The molecular formula is C20H18N2O4S. The van der Waals surface area contributed by atoms with Crippen LogP contribution in [0.5, 0.6) is 11.5 Å². The van der Waals surface area contributed by atoms with Gasteiger partial charge in [0.15, 0.2) is 5.11 Å². The van der Waals surface area contributed by atoms with E-state index in [9.17, 15) is 14.7 Å². The summed E-state index contributed by atoms with van der Waals surface area (Å²) in [6.07, 6.45) is 1.50. The quantitative estimate of drug-likeness (QED) is 0.485. The number of benzene rings is 2.